The van der Waals surface area contributed by atoms with Crippen LogP contribution in [-0.2, 0) is 0 Å². The summed E-state index contributed by atoms with van der Waals surface area (Å²) in [7, 11) is 0. The Balaban J connectivity index is 0.000000111. The molecule has 0 heteroatoms. The first kappa shape index (κ1) is 66.7. The second-order valence-electron chi connectivity index (χ2n) is 31.3. The first-order chi connectivity index (χ1) is 61.2. The smallest absolute Gasteiger partial charge is 0.0622 e. The molecule has 0 saturated heterocycles. The van der Waals surface area contributed by atoms with Crippen LogP contribution in [-0.4, -0.2) is 0 Å². The molecule has 558 valence electrons. The van der Waals surface area contributed by atoms with Gasteiger partial charge in [-0.05, 0) is 266 Å². The van der Waals surface area contributed by atoms with Gasteiger partial charge in [-0.1, -0.05) is 437 Å². The molecule has 24 rings (SSSR count). The third-order valence-corrected chi connectivity index (χ3v) is 24.4. The van der Waals surface area contributed by atoms with Crippen LogP contribution in [0, 0.1) is 0 Å². The van der Waals surface area contributed by atoms with Crippen LogP contribution in [0.15, 0.2) is 473 Å². The Morgan fingerprint density at radius 1 is 0.108 bits per heavy atom. The Hall–Kier alpha value is -15.6. The highest BCUT2D eigenvalue weighted by atomic mass is 14.3. The maximum atomic E-state index is 8.70. The average Bonchev–Trinajstić information content (AvgIpc) is 0.719. The van der Waals surface area contributed by atoms with E-state index in [-0.39, 0.29) is 24.2 Å². The number of hydrogen-bond donors (Lipinski definition) is 0. The largest absolute Gasteiger partial charge is 0.0623 e. The van der Waals surface area contributed by atoms with E-state index in [9.17, 15) is 0 Å². The summed E-state index contributed by atoms with van der Waals surface area (Å²) in [5.41, 5.74) is 21.2. The van der Waals surface area contributed by atoms with Crippen LogP contribution in [0.1, 0.15) is 5.48 Å². The molecule has 120 heavy (non-hydrogen) atoms. The molecule has 0 aliphatic rings. The normalized spacial score (nSPS) is 12.0. The fraction of sp³-hybridized carbons (Fsp3) is 0. The zero-order valence-corrected chi connectivity index (χ0v) is 65.7. The minimum Gasteiger partial charge on any atom is -0.0622 e. The van der Waals surface area contributed by atoms with Gasteiger partial charge >= 0.3 is 0 Å². The summed E-state index contributed by atoms with van der Waals surface area (Å²) >= 11 is 0. The molecule has 0 aromatic heterocycles. The summed E-state index contributed by atoms with van der Waals surface area (Å²) in [6.45, 7) is 0. The van der Waals surface area contributed by atoms with Crippen molar-refractivity contribution in [1.82, 2.24) is 0 Å². The molecule has 0 heterocycles. The second-order valence-corrected chi connectivity index (χ2v) is 31.3. The summed E-state index contributed by atoms with van der Waals surface area (Å²) in [6.07, 6.45) is 0. The molecule has 0 nitrogen and oxygen atoms in total. The van der Waals surface area contributed by atoms with Gasteiger partial charge in [0, 0.05) is 0 Å². The summed E-state index contributed by atoms with van der Waals surface area (Å²) in [5, 5.41) is 28.2. The van der Waals surface area contributed by atoms with Crippen molar-refractivity contribution in [2.75, 3.05) is 0 Å². The third-order valence-electron chi connectivity index (χ3n) is 24.4. The van der Waals surface area contributed by atoms with E-state index in [1.165, 1.54) is 153 Å². The molecule has 0 N–H and O–H groups in total. The monoisotopic (exact) mass is 1520 g/mol. The van der Waals surface area contributed by atoms with Crippen LogP contribution in [0.4, 0.5) is 0 Å². The van der Waals surface area contributed by atoms with Crippen LogP contribution in [0.3, 0.4) is 0 Å². The first-order valence-electron chi connectivity index (χ1n) is 43.2. The first-order valence-corrected chi connectivity index (χ1v) is 41.2. The maximum absolute atomic E-state index is 8.70. The summed E-state index contributed by atoms with van der Waals surface area (Å²) in [5.74, 6) is 0. The van der Waals surface area contributed by atoms with Gasteiger partial charge in [0.2, 0.25) is 0 Å². The van der Waals surface area contributed by atoms with Crippen LogP contribution in [0.2, 0.25) is 0 Å². The molecule has 0 saturated carbocycles. The van der Waals surface area contributed by atoms with Gasteiger partial charge < -0.3 is 0 Å². The molecular formula is C120H78. The van der Waals surface area contributed by atoms with E-state index < -0.39 is 0 Å². The highest BCUT2D eigenvalue weighted by molar-refractivity contribution is 6.26. The summed E-state index contributed by atoms with van der Waals surface area (Å²) in [6, 6.07) is 160. The fourth-order valence-electron chi connectivity index (χ4n) is 18.9. The molecule has 24 aromatic rings. The Morgan fingerprint density at radius 3 is 0.800 bits per heavy atom. The lowest BCUT2D eigenvalue weighted by molar-refractivity contribution is 1.61. The predicted molar refractivity (Wildman–Crippen MR) is 518 cm³/mol. The zero-order valence-electron chi connectivity index (χ0n) is 69.7. The molecule has 0 radical (unpaired) electrons. The van der Waals surface area contributed by atoms with Gasteiger partial charge in [0.25, 0.3) is 0 Å². The van der Waals surface area contributed by atoms with Crippen molar-refractivity contribution in [1.29, 1.82) is 0 Å². The van der Waals surface area contributed by atoms with Gasteiger partial charge in [-0.2, -0.15) is 0 Å². The maximum Gasteiger partial charge on any atom is 0.0623 e. The van der Waals surface area contributed by atoms with Crippen LogP contribution in [0.5, 0.6) is 0 Å². The Morgan fingerprint density at radius 2 is 0.358 bits per heavy atom. The van der Waals surface area contributed by atoms with Crippen LogP contribution < -0.4 is 0 Å². The minimum absolute atomic E-state index is 0.147. The second kappa shape index (κ2) is 30.5. The fourth-order valence-corrected chi connectivity index (χ4v) is 18.9. The summed E-state index contributed by atoms with van der Waals surface area (Å²) < 4.78 is 34.8. The lowest BCUT2D eigenvalue weighted by Gasteiger charge is -2.20. The number of benzene rings is 24. The lowest BCUT2D eigenvalue weighted by atomic mass is 9.83. The van der Waals surface area contributed by atoms with Gasteiger partial charge in [-0.3, -0.25) is 0 Å². The van der Waals surface area contributed by atoms with E-state index in [1.807, 2.05) is 42.5 Å². The van der Waals surface area contributed by atoms with Crippen molar-refractivity contribution in [3.8, 4) is 100 Å². The standard InChI is InChI=1S/C44H28.C40H26.C36H24/c1-2-12-31-27-35(24-20-29(31)10-1)43-39-15-5-7-17-41(39)44(42-18-8-6-16-40(42)43)36-25-22-32-26-34(23-21-33(32)28-36)38-19-9-13-30-11-3-4-14-37(30)38;1-2-13-28(14-3-1)38-26-30(25-29-16-5-7-19-32(29)38)39-34-20-8-10-22-36(34)40(37-23-11-9-21-35(37)39)33-24-12-17-27-15-4-6-18-31(27)33;1-2-10-25(11-3-1)27-18-21-28(22-19-27)35-31-14-6-8-16-33(31)36(34-17-9-7-15-32(34)35)30-23-20-26-12-4-5-13-29(26)24-30/h1-28H;1-26H;1-24H/i;8D,9D,10D,11D;. The number of fused-ring (bicyclic) bond motifs is 12. The molecular weight excluding hydrogens is 1440 g/mol. The van der Waals surface area contributed by atoms with E-state index in [2.05, 4.69) is 382 Å². The zero-order chi connectivity index (χ0) is 82.9. The van der Waals surface area contributed by atoms with Crippen LogP contribution >= 0.6 is 0 Å². The molecule has 0 amide bonds. The average molecular weight is 1520 g/mol. The van der Waals surface area contributed by atoms with Crippen molar-refractivity contribution in [2.45, 2.75) is 0 Å². The Bertz CT molecular complexity index is 8210. The van der Waals surface area contributed by atoms with Crippen molar-refractivity contribution in [3.63, 3.8) is 0 Å². The van der Waals surface area contributed by atoms with Crippen molar-refractivity contribution in [2.24, 2.45) is 0 Å². The van der Waals surface area contributed by atoms with Crippen LogP contribution in [0.25, 0.3) is 229 Å². The highest BCUT2D eigenvalue weighted by Gasteiger charge is 2.23. The van der Waals surface area contributed by atoms with E-state index in [0.717, 1.165) is 76.5 Å². The molecule has 0 fully saturated rings. The highest BCUT2D eigenvalue weighted by Crippen LogP contribution is 2.50. The van der Waals surface area contributed by atoms with Gasteiger partial charge in [0.05, 0.1) is 5.48 Å². The molecule has 0 spiro atoms. The Labute approximate surface area is 703 Å². The number of rotatable bonds is 9. The van der Waals surface area contributed by atoms with E-state index in [0.29, 0.717) is 0 Å². The van der Waals surface area contributed by atoms with Crippen molar-refractivity contribution >= 4 is 129 Å². The van der Waals surface area contributed by atoms with E-state index in [4.69, 9.17) is 5.48 Å². The number of hydrogen-bond acceptors (Lipinski definition) is 0. The predicted octanol–water partition coefficient (Wildman–Crippen LogP) is 33.9. The van der Waals surface area contributed by atoms with E-state index >= 15 is 0 Å². The van der Waals surface area contributed by atoms with Gasteiger partial charge in [-0.25, -0.2) is 0 Å². The molecule has 0 bridgehead atoms. The Kier molecular flexibility index (Phi) is 17.0. The lowest BCUT2D eigenvalue weighted by Crippen LogP contribution is -1.92. The molecule has 0 aliphatic heterocycles. The van der Waals surface area contributed by atoms with Crippen molar-refractivity contribution < 1.29 is 5.48 Å². The molecule has 0 aliphatic carbocycles. The summed E-state index contributed by atoms with van der Waals surface area (Å²) in [4.78, 5) is 0. The molecule has 0 unspecified atom stereocenters. The molecule has 24 aromatic carbocycles. The van der Waals surface area contributed by atoms with Gasteiger partial charge in [0.1, 0.15) is 0 Å². The quantitative estimate of drug-likeness (QED) is 0.126. The van der Waals surface area contributed by atoms with E-state index in [1.54, 1.807) is 24.3 Å². The SMILES string of the molecule is [2H]c1cc2c(-c3cc(-c4ccccc4)c4ccccc4c3)c3cc([2H])c([2H])cc3c(-c3cccc4ccccc34)c2cc1[2H].c1ccc(-c2ccc(-c3c4ccccc4c(-c4ccc5ccccc5c4)c4ccccc34)cc2)cc1.c1ccc2cc(-c3c4ccccc4c(-c4ccc5cc(-c6cccc7ccccc67)ccc5c4)c4ccccc34)ccc2c1. The third kappa shape index (κ3) is 12.7. The minimum atomic E-state index is 0.147. The molecule has 0 atom stereocenters. The van der Waals surface area contributed by atoms with Gasteiger partial charge in [0.15, 0.2) is 0 Å². The van der Waals surface area contributed by atoms with Gasteiger partial charge in [-0.15, -0.1) is 0 Å². The van der Waals surface area contributed by atoms with Crippen molar-refractivity contribution in [3.05, 3.63) is 473 Å². The topological polar surface area (TPSA) is 0 Å².